The Morgan fingerprint density at radius 3 is 2.70 bits per heavy atom. The van der Waals surface area contributed by atoms with E-state index in [1.807, 2.05) is 18.2 Å². The number of nitrogens with one attached hydrogen (secondary N) is 2. The Kier molecular flexibility index (Phi) is 3.38. The molecule has 3 nitrogen and oxygen atoms in total. The topological polar surface area (TPSA) is 44.9 Å². The molecule has 3 rings (SSSR count). The average molecular weight is 305 g/mol. The zero-order valence-electron chi connectivity index (χ0n) is 10.3. The van der Waals surface area contributed by atoms with Gasteiger partial charge < -0.3 is 10.3 Å². The molecular formula is C15H10Cl2N2O. The third-order valence-electron chi connectivity index (χ3n) is 3.02. The standard InChI is InChI=1S/C15H10Cl2N2O/c16-12-5-4-9(8-13(12)17)19-15(20)11-2-1-3-14-10(11)6-7-18-14/h1-8,18H,(H,19,20). The quantitative estimate of drug-likeness (QED) is 0.706. The van der Waals surface area contributed by atoms with Gasteiger partial charge in [0.25, 0.3) is 5.91 Å². The Bertz CT molecular complexity index is 795. The third kappa shape index (κ3) is 2.38. The molecule has 2 N–H and O–H groups in total. The SMILES string of the molecule is O=C(Nc1ccc(Cl)c(Cl)c1)c1cccc2[nH]ccc12. The smallest absolute Gasteiger partial charge is 0.256 e. The van der Waals surface area contributed by atoms with Crippen molar-refractivity contribution in [3.63, 3.8) is 0 Å². The Morgan fingerprint density at radius 2 is 1.90 bits per heavy atom. The van der Waals surface area contributed by atoms with E-state index in [0.717, 1.165) is 10.9 Å². The van der Waals surface area contributed by atoms with E-state index >= 15 is 0 Å². The van der Waals surface area contributed by atoms with Crippen LogP contribution in [0.4, 0.5) is 5.69 Å². The molecular weight excluding hydrogens is 295 g/mol. The first-order valence-corrected chi connectivity index (χ1v) is 6.73. The molecule has 0 aliphatic carbocycles. The number of aromatic nitrogens is 1. The van der Waals surface area contributed by atoms with Gasteiger partial charge in [-0.05, 0) is 36.4 Å². The maximum Gasteiger partial charge on any atom is 0.256 e. The number of benzene rings is 2. The fraction of sp³-hybridized carbons (Fsp3) is 0. The molecule has 1 amide bonds. The molecule has 3 aromatic rings. The van der Waals surface area contributed by atoms with Gasteiger partial charge in [0, 0.05) is 28.4 Å². The maximum absolute atomic E-state index is 12.3. The number of halogens is 2. The molecule has 0 unspecified atom stereocenters. The van der Waals surface area contributed by atoms with Crippen LogP contribution in [0.15, 0.2) is 48.7 Å². The van der Waals surface area contributed by atoms with Crippen molar-refractivity contribution in [2.45, 2.75) is 0 Å². The van der Waals surface area contributed by atoms with Crippen LogP contribution in [0.3, 0.4) is 0 Å². The zero-order valence-corrected chi connectivity index (χ0v) is 11.8. The number of H-pyrrole nitrogens is 1. The first kappa shape index (κ1) is 13.0. The molecule has 1 heterocycles. The van der Waals surface area contributed by atoms with Gasteiger partial charge in [-0.3, -0.25) is 4.79 Å². The van der Waals surface area contributed by atoms with Crippen molar-refractivity contribution < 1.29 is 4.79 Å². The van der Waals surface area contributed by atoms with Crippen molar-refractivity contribution in [2.75, 3.05) is 5.32 Å². The van der Waals surface area contributed by atoms with Gasteiger partial charge in [0.05, 0.1) is 10.0 Å². The van der Waals surface area contributed by atoms with E-state index in [1.54, 1.807) is 30.5 Å². The number of rotatable bonds is 2. The van der Waals surface area contributed by atoms with Crippen molar-refractivity contribution in [1.82, 2.24) is 4.98 Å². The summed E-state index contributed by atoms with van der Waals surface area (Å²) in [6.07, 6.45) is 1.81. The Balaban J connectivity index is 1.93. The van der Waals surface area contributed by atoms with Crippen molar-refractivity contribution >= 4 is 45.7 Å². The number of aromatic amines is 1. The summed E-state index contributed by atoms with van der Waals surface area (Å²) >= 11 is 11.8. The summed E-state index contributed by atoms with van der Waals surface area (Å²) in [5, 5.41) is 4.55. The molecule has 2 aromatic carbocycles. The first-order valence-electron chi connectivity index (χ1n) is 5.97. The summed E-state index contributed by atoms with van der Waals surface area (Å²) in [6, 6.07) is 12.4. The van der Waals surface area contributed by atoms with Gasteiger partial charge in [0.15, 0.2) is 0 Å². The first-order chi connectivity index (χ1) is 9.65. The highest BCUT2D eigenvalue weighted by Gasteiger charge is 2.11. The summed E-state index contributed by atoms with van der Waals surface area (Å²) < 4.78 is 0. The van der Waals surface area contributed by atoms with Crippen LogP contribution in [0, 0.1) is 0 Å². The molecule has 0 atom stereocenters. The minimum Gasteiger partial charge on any atom is -0.361 e. The van der Waals surface area contributed by atoms with Gasteiger partial charge in [-0.25, -0.2) is 0 Å². The second-order valence-corrected chi connectivity index (χ2v) is 5.14. The Labute approximate surface area is 125 Å². The second kappa shape index (κ2) is 5.19. The van der Waals surface area contributed by atoms with Crippen LogP contribution < -0.4 is 5.32 Å². The normalized spacial score (nSPS) is 10.7. The van der Waals surface area contributed by atoms with Gasteiger partial charge in [0.1, 0.15) is 0 Å². The molecule has 1 aromatic heterocycles. The largest absolute Gasteiger partial charge is 0.361 e. The molecule has 0 radical (unpaired) electrons. The Morgan fingerprint density at radius 1 is 1.05 bits per heavy atom. The van der Waals surface area contributed by atoms with Crippen molar-refractivity contribution in [1.29, 1.82) is 0 Å². The predicted molar refractivity (Wildman–Crippen MR) is 82.7 cm³/mol. The summed E-state index contributed by atoms with van der Waals surface area (Å²) in [7, 11) is 0. The van der Waals surface area contributed by atoms with E-state index in [9.17, 15) is 4.79 Å². The van der Waals surface area contributed by atoms with Crippen molar-refractivity contribution in [2.24, 2.45) is 0 Å². The van der Waals surface area contributed by atoms with Crippen molar-refractivity contribution in [3.8, 4) is 0 Å². The number of carbonyl (C=O) groups is 1. The van der Waals surface area contributed by atoms with Gasteiger partial charge in [0.2, 0.25) is 0 Å². The minimum absolute atomic E-state index is 0.186. The zero-order chi connectivity index (χ0) is 14.1. The lowest BCUT2D eigenvalue weighted by Crippen LogP contribution is -2.12. The van der Waals surface area contributed by atoms with E-state index in [-0.39, 0.29) is 5.91 Å². The van der Waals surface area contributed by atoms with Crippen LogP contribution in [0.25, 0.3) is 10.9 Å². The van der Waals surface area contributed by atoms with Crippen LogP contribution in [-0.4, -0.2) is 10.9 Å². The number of carbonyl (C=O) groups excluding carboxylic acids is 1. The van der Waals surface area contributed by atoms with Crippen molar-refractivity contribution in [3.05, 3.63) is 64.3 Å². The fourth-order valence-electron chi connectivity index (χ4n) is 2.06. The molecule has 100 valence electrons. The number of hydrogen-bond acceptors (Lipinski definition) is 1. The lowest BCUT2D eigenvalue weighted by molar-refractivity contribution is 0.102. The van der Waals surface area contributed by atoms with Crippen LogP contribution >= 0.6 is 23.2 Å². The average Bonchev–Trinajstić information content (AvgIpc) is 2.91. The number of amides is 1. The molecule has 0 spiro atoms. The highest BCUT2D eigenvalue weighted by Crippen LogP contribution is 2.26. The summed E-state index contributed by atoms with van der Waals surface area (Å²) in [5.41, 5.74) is 2.14. The number of hydrogen-bond donors (Lipinski definition) is 2. The van der Waals surface area contributed by atoms with Gasteiger partial charge >= 0.3 is 0 Å². The van der Waals surface area contributed by atoms with Gasteiger partial charge in [-0.1, -0.05) is 29.3 Å². The summed E-state index contributed by atoms with van der Waals surface area (Å²) in [5.74, 6) is -0.186. The fourth-order valence-corrected chi connectivity index (χ4v) is 2.35. The number of anilines is 1. The van der Waals surface area contributed by atoms with Crippen LogP contribution in [0.2, 0.25) is 10.0 Å². The summed E-state index contributed by atoms with van der Waals surface area (Å²) in [6.45, 7) is 0. The predicted octanol–water partition coefficient (Wildman–Crippen LogP) is 4.73. The third-order valence-corrected chi connectivity index (χ3v) is 3.76. The van der Waals surface area contributed by atoms with Gasteiger partial charge in [-0.15, -0.1) is 0 Å². The monoisotopic (exact) mass is 304 g/mol. The molecule has 0 aliphatic heterocycles. The van der Waals surface area contributed by atoms with E-state index < -0.39 is 0 Å². The summed E-state index contributed by atoms with van der Waals surface area (Å²) in [4.78, 5) is 15.4. The van der Waals surface area contributed by atoms with Crippen LogP contribution in [0.1, 0.15) is 10.4 Å². The second-order valence-electron chi connectivity index (χ2n) is 4.33. The maximum atomic E-state index is 12.3. The molecule has 0 bridgehead atoms. The molecule has 0 saturated heterocycles. The highest BCUT2D eigenvalue weighted by atomic mass is 35.5. The number of fused-ring (bicyclic) bond motifs is 1. The lowest BCUT2D eigenvalue weighted by Gasteiger charge is -2.07. The minimum atomic E-state index is -0.186. The molecule has 5 heteroatoms. The van der Waals surface area contributed by atoms with E-state index in [0.29, 0.717) is 21.3 Å². The highest BCUT2D eigenvalue weighted by molar-refractivity contribution is 6.42. The van der Waals surface area contributed by atoms with E-state index in [4.69, 9.17) is 23.2 Å². The van der Waals surface area contributed by atoms with E-state index in [1.165, 1.54) is 0 Å². The Hall–Kier alpha value is -1.97. The lowest BCUT2D eigenvalue weighted by atomic mass is 10.1. The molecule has 0 fully saturated rings. The molecule has 0 aliphatic rings. The van der Waals surface area contributed by atoms with Crippen LogP contribution in [0.5, 0.6) is 0 Å². The van der Waals surface area contributed by atoms with Crippen LogP contribution in [-0.2, 0) is 0 Å². The van der Waals surface area contributed by atoms with E-state index in [2.05, 4.69) is 10.3 Å². The molecule has 20 heavy (non-hydrogen) atoms. The van der Waals surface area contributed by atoms with Gasteiger partial charge in [-0.2, -0.15) is 0 Å². The molecule has 0 saturated carbocycles.